The van der Waals surface area contributed by atoms with Gasteiger partial charge in [0.05, 0.1) is 5.69 Å². The molecule has 3 aromatic rings. The molecule has 0 spiro atoms. The third-order valence-electron chi connectivity index (χ3n) is 3.94. The summed E-state index contributed by atoms with van der Waals surface area (Å²) in [6.07, 6.45) is 0. The van der Waals surface area contributed by atoms with Crippen LogP contribution < -0.4 is 5.73 Å². The summed E-state index contributed by atoms with van der Waals surface area (Å²) >= 11 is 0. The molecule has 1 aromatic heterocycles. The zero-order chi connectivity index (χ0) is 16.6. The topological polar surface area (TPSA) is 73.8 Å². The number of hydrogen-bond acceptors (Lipinski definition) is 3. The highest BCUT2D eigenvalue weighted by Crippen LogP contribution is 2.24. The summed E-state index contributed by atoms with van der Waals surface area (Å²) in [5, 5.41) is 4.31. The SMILES string of the molecule is Cc1ccc(-c2nc(C(N)=O)nn2-c2cccc(C)c2C)cc1. The van der Waals surface area contributed by atoms with Crippen molar-refractivity contribution in [1.82, 2.24) is 14.8 Å². The fourth-order valence-corrected chi connectivity index (χ4v) is 2.44. The van der Waals surface area contributed by atoms with Crippen molar-refractivity contribution in [2.24, 2.45) is 5.73 Å². The molecule has 0 unspecified atom stereocenters. The third-order valence-corrected chi connectivity index (χ3v) is 3.94. The number of benzene rings is 2. The number of aryl methyl sites for hydroxylation is 2. The molecule has 2 N–H and O–H groups in total. The van der Waals surface area contributed by atoms with Crippen molar-refractivity contribution in [3.63, 3.8) is 0 Å². The molecule has 2 aromatic carbocycles. The molecule has 116 valence electrons. The second-order valence-corrected chi connectivity index (χ2v) is 5.62. The van der Waals surface area contributed by atoms with Gasteiger partial charge in [0.15, 0.2) is 5.82 Å². The predicted molar refractivity (Wildman–Crippen MR) is 89.5 cm³/mol. The largest absolute Gasteiger partial charge is 0.363 e. The summed E-state index contributed by atoms with van der Waals surface area (Å²) in [7, 11) is 0. The van der Waals surface area contributed by atoms with E-state index in [1.807, 2.05) is 63.2 Å². The van der Waals surface area contributed by atoms with Gasteiger partial charge in [-0.2, -0.15) is 0 Å². The minimum atomic E-state index is -0.637. The van der Waals surface area contributed by atoms with E-state index in [0.29, 0.717) is 5.82 Å². The molecule has 0 aliphatic rings. The second-order valence-electron chi connectivity index (χ2n) is 5.62. The van der Waals surface area contributed by atoms with Gasteiger partial charge in [-0.05, 0) is 38.0 Å². The molecule has 5 heteroatoms. The van der Waals surface area contributed by atoms with Gasteiger partial charge < -0.3 is 5.73 Å². The molecule has 5 nitrogen and oxygen atoms in total. The maximum Gasteiger partial charge on any atom is 0.288 e. The molecule has 0 aliphatic carbocycles. The molecule has 0 saturated heterocycles. The van der Waals surface area contributed by atoms with Gasteiger partial charge in [-0.15, -0.1) is 5.10 Å². The summed E-state index contributed by atoms with van der Waals surface area (Å²) in [5.74, 6) is -0.0172. The van der Waals surface area contributed by atoms with E-state index in [2.05, 4.69) is 10.1 Å². The Morgan fingerprint density at radius 3 is 2.39 bits per heavy atom. The maximum absolute atomic E-state index is 11.5. The smallest absolute Gasteiger partial charge is 0.288 e. The van der Waals surface area contributed by atoms with Crippen molar-refractivity contribution < 1.29 is 4.79 Å². The van der Waals surface area contributed by atoms with E-state index in [1.165, 1.54) is 0 Å². The van der Waals surface area contributed by atoms with Crippen LogP contribution in [0.3, 0.4) is 0 Å². The fourth-order valence-electron chi connectivity index (χ4n) is 2.44. The highest BCUT2D eigenvalue weighted by Gasteiger charge is 2.18. The number of hydrogen-bond donors (Lipinski definition) is 1. The van der Waals surface area contributed by atoms with E-state index in [0.717, 1.165) is 27.9 Å². The first kappa shape index (κ1) is 15.0. The second kappa shape index (κ2) is 5.68. The molecule has 3 rings (SSSR count). The number of nitrogens with zero attached hydrogens (tertiary/aromatic N) is 3. The van der Waals surface area contributed by atoms with Gasteiger partial charge in [-0.3, -0.25) is 4.79 Å². The maximum atomic E-state index is 11.5. The average Bonchev–Trinajstić information content (AvgIpc) is 2.96. The van der Waals surface area contributed by atoms with Gasteiger partial charge >= 0.3 is 0 Å². The number of carbonyl (C=O) groups excluding carboxylic acids is 1. The Morgan fingerprint density at radius 1 is 1.04 bits per heavy atom. The van der Waals surface area contributed by atoms with E-state index in [4.69, 9.17) is 5.73 Å². The van der Waals surface area contributed by atoms with Gasteiger partial charge in [0.2, 0.25) is 5.82 Å². The van der Waals surface area contributed by atoms with Crippen LogP contribution in [0.4, 0.5) is 0 Å². The Morgan fingerprint density at radius 2 is 1.74 bits per heavy atom. The molecule has 1 heterocycles. The lowest BCUT2D eigenvalue weighted by Crippen LogP contribution is -2.13. The van der Waals surface area contributed by atoms with Crippen LogP contribution in [-0.4, -0.2) is 20.7 Å². The molecule has 0 bridgehead atoms. The van der Waals surface area contributed by atoms with Gasteiger partial charge in [0.1, 0.15) is 0 Å². The summed E-state index contributed by atoms with van der Waals surface area (Å²) in [6.45, 7) is 6.08. The number of amides is 1. The van der Waals surface area contributed by atoms with Crippen molar-refractivity contribution in [1.29, 1.82) is 0 Å². The summed E-state index contributed by atoms with van der Waals surface area (Å²) in [4.78, 5) is 15.9. The van der Waals surface area contributed by atoms with Crippen LogP contribution in [0.2, 0.25) is 0 Å². The lowest BCUT2D eigenvalue weighted by Gasteiger charge is -2.11. The van der Waals surface area contributed by atoms with E-state index in [9.17, 15) is 4.79 Å². The Labute approximate surface area is 134 Å². The normalized spacial score (nSPS) is 10.7. The van der Waals surface area contributed by atoms with Crippen LogP contribution in [0.15, 0.2) is 42.5 Å². The molecule has 23 heavy (non-hydrogen) atoms. The van der Waals surface area contributed by atoms with Crippen molar-refractivity contribution in [2.75, 3.05) is 0 Å². The van der Waals surface area contributed by atoms with E-state index < -0.39 is 5.91 Å². The quantitative estimate of drug-likeness (QED) is 0.808. The van der Waals surface area contributed by atoms with Crippen LogP contribution in [0.5, 0.6) is 0 Å². The van der Waals surface area contributed by atoms with E-state index >= 15 is 0 Å². The standard InChI is InChI=1S/C18H18N4O/c1-11-7-9-14(10-8-11)18-20-17(16(19)23)21-22(18)15-6-4-5-12(2)13(15)3/h4-10H,1-3H3,(H2,19,23). The Hall–Kier alpha value is -2.95. The summed E-state index contributed by atoms with van der Waals surface area (Å²) in [6, 6.07) is 13.9. The van der Waals surface area contributed by atoms with Crippen molar-refractivity contribution in [3.8, 4) is 17.1 Å². The van der Waals surface area contributed by atoms with Crippen LogP contribution in [-0.2, 0) is 0 Å². The molecule has 0 fully saturated rings. The number of rotatable bonds is 3. The first-order valence-corrected chi connectivity index (χ1v) is 7.38. The lowest BCUT2D eigenvalue weighted by atomic mass is 10.1. The predicted octanol–water partition coefficient (Wildman–Crippen LogP) is 2.96. The number of nitrogens with two attached hydrogens (primary N) is 1. The molecule has 0 atom stereocenters. The van der Waals surface area contributed by atoms with E-state index in [-0.39, 0.29) is 5.82 Å². The van der Waals surface area contributed by atoms with Crippen molar-refractivity contribution in [2.45, 2.75) is 20.8 Å². The fraction of sp³-hybridized carbons (Fsp3) is 0.167. The lowest BCUT2D eigenvalue weighted by molar-refractivity contribution is 0.0990. The summed E-state index contributed by atoms with van der Waals surface area (Å²) in [5.41, 5.74) is 10.5. The highest BCUT2D eigenvalue weighted by molar-refractivity contribution is 5.89. The molecule has 0 saturated carbocycles. The van der Waals surface area contributed by atoms with Gasteiger partial charge in [0, 0.05) is 5.56 Å². The van der Waals surface area contributed by atoms with Gasteiger partial charge in [-0.25, -0.2) is 9.67 Å². The third kappa shape index (κ3) is 2.73. The molecular weight excluding hydrogens is 288 g/mol. The Kier molecular flexibility index (Phi) is 3.70. The Balaban J connectivity index is 2.25. The number of primary amides is 1. The van der Waals surface area contributed by atoms with Crippen molar-refractivity contribution in [3.05, 3.63) is 65.0 Å². The van der Waals surface area contributed by atoms with Crippen LogP contribution in [0, 0.1) is 20.8 Å². The van der Waals surface area contributed by atoms with Crippen LogP contribution >= 0.6 is 0 Å². The van der Waals surface area contributed by atoms with Gasteiger partial charge in [-0.1, -0.05) is 42.0 Å². The zero-order valence-corrected chi connectivity index (χ0v) is 13.4. The monoisotopic (exact) mass is 306 g/mol. The minimum Gasteiger partial charge on any atom is -0.363 e. The number of aromatic nitrogens is 3. The zero-order valence-electron chi connectivity index (χ0n) is 13.4. The first-order chi connectivity index (χ1) is 11.0. The molecule has 0 radical (unpaired) electrons. The summed E-state index contributed by atoms with van der Waals surface area (Å²) < 4.78 is 1.69. The highest BCUT2D eigenvalue weighted by atomic mass is 16.1. The van der Waals surface area contributed by atoms with Gasteiger partial charge in [0.25, 0.3) is 5.91 Å². The van der Waals surface area contributed by atoms with Crippen LogP contribution in [0.25, 0.3) is 17.1 Å². The molecule has 1 amide bonds. The van der Waals surface area contributed by atoms with E-state index in [1.54, 1.807) is 4.68 Å². The Bertz CT molecular complexity index is 879. The van der Waals surface area contributed by atoms with Crippen LogP contribution in [0.1, 0.15) is 27.3 Å². The number of carbonyl (C=O) groups is 1. The first-order valence-electron chi connectivity index (χ1n) is 7.38. The average molecular weight is 306 g/mol. The van der Waals surface area contributed by atoms with Crippen molar-refractivity contribution >= 4 is 5.91 Å². The molecule has 0 aliphatic heterocycles. The minimum absolute atomic E-state index is 0.0153. The molecular formula is C18H18N4O.